The van der Waals surface area contributed by atoms with Gasteiger partial charge in [-0.2, -0.15) is 0 Å². The Hall–Kier alpha value is -2.19. The molecule has 2 aromatic carbocycles. The molecule has 1 saturated heterocycles. The highest BCUT2D eigenvalue weighted by Gasteiger charge is 2.66. The molecule has 2 aliphatic heterocycles. The number of amides is 2. The largest absolute Gasteiger partial charge is 0.352 e. The fourth-order valence-electron chi connectivity index (χ4n) is 6.41. The smallest absolute Gasteiger partial charge is 0.238 e. The molecule has 3 aliphatic rings. The first-order valence-corrected chi connectivity index (χ1v) is 13.5. The van der Waals surface area contributed by atoms with Crippen LogP contribution in [0.25, 0.3) is 0 Å². The Bertz CT molecular complexity index is 1240. The molecular weight excluding hydrogens is 514 g/mol. The van der Waals surface area contributed by atoms with E-state index >= 15 is 4.39 Å². The van der Waals surface area contributed by atoms with Crippen molar-refractivity contribution in [1.82, 2.24) is 16.0 Å². The Morgan fingerprint density at radius 2 is 1.89 bits per heavy atom. The number of fused-ring (bicyclic) bond motifs is 2. The zero-order valence-corrected chi connectivity index (χ0v) is 22.9. The Balaban J connectivity index is 1.67. The van der Waals surface area contributed by atoms with Crippen LogP contribution in [0, 0.1) is 11.2 Å². The van der Waals surface area contributed by atoms with Crippen LogP contribution in [-0.4, -0.2) is 43.0 Å². The lowest BCUT2D eigenvalue weighted by molar-refractivity contribution is -0.125. The van der Waals surface area contributed by atoms with Crippen LogP contribution >= 0.6 is 23.2 Å². The molecular formula is C28H33Cl2FN4O2. The second-order valence-corrected chi connectivity index (χ2v) is 12.6. The van der Waals surface area contributed by atoms with Gasteiger partial charge in [-0.3, -0.25) is 9.59 Å². The van der Waals surface area contributed by atoms with E-state index in [1.54, 1.807) is 24.3 Å². The van der Waals surface area contributed by atoms with Crippen molar-refractivity contribution >= 4 is 40.7 Å². The second-order valence-electron chi connectivity index (χ2n) is 11.8. The van der Waals surface area contributed by atoms with Crippen LogP contribution < -0.4 is 21.3 Å². The van der Waals surface area contributed by atoms with Crippen LogP contribution in [0.3, 0.4) is 0 Å². The quantitative estimate of drug-likeness (QED) is 0.436. The molecule has 0 radical (unpaired) electrons. The Labute approximate surface area is 227 Å². The van der Waals surface area contributed by atoms with Crippen LogP contribution in [0.5, 0.6) is 0 Å². The van der Waals surface area contributed by atoms with Crippen molar-refractivity contribution < 1.29 is 14.0 Å². The third kappa shape index (κ3) is 4.44. The number of anilines is 1. The number of hydrogen-bond donors (Lipinski definition) is 4. The van der Waals surface area contributed by atoms with Gasteiger partial charge in [-0.05, 0) is 61.1 Å². The van der Waals surface area contributed by atoms with E-state index in [1.165, 1.54) is 6.07 Å². The molecule has 4 N–H and O–H groups in total. The third-order valence-corrected chi connectivity index (χ3v) is 8.64. The summed E-state index contributed by atoms with van der Waals surface area (Å²) in [7, 11) is 1.91. The van der Waals surface area contributed by atoms with Crippen molar-refractivity contribution in [3.8, 4) is 0 Å². The molecule has 1 saturated carbocycles. The molecule has 37 heavy (non-hydrogen) atoms. The van der Waals surface area contributed by atoms with E-state index in [-0.39, 0.29) is 33.9 Å². The zero-order valence-electron chi connectivity index (χ0n) is 21.4. The molecule has 0 aromatic heterocycles. The number of carbonyl (C=O) groups excluding carboxylic acids is 2. The molecule has 2 aromatic rings. The van der Waals surface area contributed by atoms with Crippen molar-refractivity contribution in [2.75, 3.05) is 12.4 Å². The summed E-state index contributed by atoms with van der Waals surface area (Å²) < 4.78 is 15.7. The van der Waals surface area contributed by atoms with E-state index in [0.717, 1.165) is 12.8 Å². The van der Waals surface area contributed by atoms with Crippen molar-refractivity contribution in [2.45, 2.75) is 75.5 Å². The van der Waals surface area contributed by atoms with Gasteiger partial charge < -0.3 is 21.3 Å². The molecule has 198 valence electrons. The van der Waals surface area contributed by atoms with Crippen molar-refractivity contribution in [3.63, 3.8) is 0 Å². The van der Waals surface area contributed by atoms with Gasteiger partial charge >= 0.3 is 0 Å². The maximum Gasteiger partial charge on any atom is 0.238 e. The lowest BCUT2D eigenvalue weighted by Crippen LogP contribution is -2.55. The number of rotatable bonds is 5. The molecule has 1 spiro atoms. The molecule has 0 bridgehead atoms. The van der Waals surface area contributed by atoms with Crippen LogP contribution in [0.2, 0.25) is 10.0 Å². The van der Waals surface area contributed by atoms with E-state index in [4.69, 9.17) is 23.2 Å². The molecule has 2 fully saturated rings. The highest BCUT2D eigenvalue weighted by molar-refractivity contribution is 6.31. The molecule has 2 heterocycles. The predicted molar refractivity (Wildman–Crippen MR) is 145 cm³/mol. The highest BCUT2D eigenvalue weighted by atomic mass is 35.5. The van der Waals surface area contributed by atoms with Gasteiger partial charge in [0.25, 0.3) is 0 Å². The van der Waals surface area contributed by atoms with Gasteiger partial charge in [0.1, 0.15) is 11.2 Å². The number of hydrogen-bond acceptors (Lipinski definition) is 4. The summed E-state index contributed by atoms with van der Waals surface area (Å²) >= 11 is 12.5. The zero-order chi connectivity index (χ0) is 26.7. The molecule has 5 rings (SSSR count). The molecule has 2 amide bonds. The van der Waals surface area contributed by atoms with Crippen LogP contribution in [0.15, 0.2) is 36.4 Å². The van der Waals surface area contributed by atoms with Gasteiger partial charge in [-0.15, -0.1) is 0 Å². The van der Waals surface area contributed by atoms with E-state index in [9.17, 15) is 9.59 Å². The van der Waals surface area contributed by atoms with E-state index in [2.05, 4.69) is 42.0 Å². The highest BCUT2D eigenvalue weighted by Crippen LogP contribution is 2.57. The molecule has 9 heteroatoms. The van der Waals surface area contributed by atoms with Gasteiger partial charge in [0.2, 0.25) is 11.8 Å². The summed E-state index contributed by atoms with van der Waals surface area (Å²) in [5.41, 5.74) is 0.117. The summed E-state index contributed by atoms with van der Waals surface area (Å²) in [6.07, 6.45) is 2.23. The fourth-order valence-corrected chi connectivity index (χ4v) is 6.77. The summed E-state index contributed by atoms with van der Waals surface area (Å²) in [5, 5.41) is 13.3. The van der Waals surface area contributed by atoms with Gasteiger partial charge in [-0.1, -0.05) is 62.2 Å². The van der Waals surface area contributed by atoms with Gasteiger partial charge in [0.15, 0.2) is 0 Å². The molecule has 1 aliphatic carbocycles. The van der Waals surface area contributed by atoms with Crippen LogP contribution in [-0.2, 0) is 15.0 Å². The van der Waals surface area contributed by atoms with Crippen molar-refractivity contribution in [2.24, 2.45) is 5.41 Å². The van der Waals surface area contributed by atoms with Gasteiger partial charge in [-0.25, -0.2) is 4.39 Å². The van der Waals surface area contributed by atoms with Crippen molar-refractivity contribution in [3.05, 3.63) is 63.4 Å². The van der Waals surface area contributed by atoms with Crippen LogP contribution in [0.4, 0.5) is 10.1 Å². The lowest BCUT2D eigenvalue weighted by atomic mass is 9.62. The van der Waals surface area contributed by atoms with E-state index in [1.807, 2.05) is 13.1 Å². The summed E-state index contributed by atoms with van der Waals surface area (Å²) in [6.45, 7) is 6.27. The average Bonchev–Trinajstić information content (AvgIpc) is 3.26. The average molecular weight is 548 g/mol. The Kier molecular flexibility index (Phi) is 6.80. The monoisotopic (exact) mass is 546 g/mol. The maximum atomic E-state index is 15.7. The number of benzene rings is 2. The molecule has 4 atom stereocenters. The predicted octanol–water partition coefficient (Wildman–Crippen LogP) is 4.75. The van der Waals surface area contributed by atoms with Crippen LogP contribution in [0.1, 0.15) is 57.1 Å². The maximum absolute atomic E-state index is 15.7. The first-order chi connectivity index (χ1) is 17.5. The lowest BCUT2D eigenvalue weighted by Gasteiger charge is -2.38. The molecule has 0 unspecified atom stereocenters. The third-order valence-electron chi connectivity index (χ3n) is 8.11. The second kappa shape index (κ2) is 9.53. The Morgan fingerprint density at radius 3 is 2.57 bits per heavy atom. The minimum Gasteiger partial charge on any atom is -0.352 e. The number of nitrogens with one attached hydrogen (secondary N) is 4. The minimum absolute atomic E-state index is 0.0257. The topological polar surface area (TPSA) is 82.3 Å². The standard InChI is InChI=1S/C28H33Cl2FN4O2/c1-27(2,3)13-21-28(18-9-8-14(29)10-20(18)34-26(28)37)22(17-6-5-7-19(30)23(17)31)24(35-21)25(36)33-16-11-15(12-16)32-4/h5-10,15-16,21-22,24,32,35H,11-13H2,1-4H3,(H,33,36)(H,34,37)/t15?,16?,21-,22+,24-,28+/m1/s1. The number of halogens is 3. The SMILES string of the molecule is CNC1CC(NC(=O)[C@@H]2N[C@H](CC(C)(C)C)[C@]3(C(=O)Nc4cc(Cl)ccc43)[C@H]2c2cccc(Cl)c2F)C1. The number of carbonyl (C=O) groups is 2. The minimum atomic E-state index is -1.24. The summed E-state index contributed by atoms with van der Waals surface area (Å²) in [5.74, 6) is -1.96. The first kappa shape index (κ1) is 26.4. The normalized spacial score (nSPS) is 30.7. The van der Waals surface area contributed by atoms with Gasteiger partial charge in [0, 0.05) is 34.8 Å². The van der Waals surface area contributed by atoms with E-state index in [0.29, 0.717) is 28.7 Å². The van der Waals surface area contributed by atoms with Crippen molar-refractivity contribution in [1.29, 1.82) is 0 Å². The fraction of sp³-hybridized carbons (Fsp3) is 0.500. The summed E-state index contributed by atoms with van der Waals surface area (Å²) in [4.78, 5) is 27.9. The Morgan fingerprint density at radius 1 is 1.16 bits per heavy atom. The first-order valence-electron chi connectivity index (χ1n) is 12.7. The van der Waals surface area contributed by atoms with Gasteiger partial charge in [0.05, 0.1) is 11.1 Å². The molecule has 6 nitrogen and oxygen atoms in total. The summed E-state index contributed by atoms with van der Waals surface area (Å²) in [6, 6.07) is 9.15. The van der Waals surface area contributed by atoms with E-state index < -0.39 is 29.2 Å².